The molecule has 0 aliphatic rings. The molecule has 112 valence electrons. The zero-order valence-corrected chi connectivity index (χ0v) is 12.6. The van der Waals surface area contributed by atoms with Crippen molar-refractivity contribution in [2.75, 3.05) is 33.7 Å². The number of aromatic nitrogens is 2. The molecule has 1 aromatic heterocycles. The highest BCUT2D eigenvalue weighted by Gasteiger charge is 2.10. The fourth-order valence-corrected chi connectivity index (χ4v) is 1.96. The SMILES string of the molecule is CNc1cc(-c2ccc(OC)c(OC)c2)nc(COC)n1. The van der Waals surface area contributed by atoms with Crippen LogP contribution in [0.4, 0.5) is 5.82 Å². The molecule has 0 spiro atoms. The lowest BCUT2D eigenvalue weighted by Crippen LogP contribution is -2.03. The average Bonchev–Trinajstić information content (AvgIpc) is 2.54. The third-order valence-electron chi connectivity index (χ3n) is 2.98. The van der Waals surface area contributed by atoms with Gasteiger partial charge in [-0.3, -0.25) is 0 Å². The van der Waals surface area contributed by atoms with Gasteiger partial charge in [0.25, 0.3) is 0 Å². The third kappa shape index (κ3) is 3.41. The maximum Gasteiger partial charge on any atom is 0.161 e. The summed E-state index contributed by atoms with van der Waals surface area (Å²) in [7, 11) is 6.65. The van der Waals surface area contributed by atoms with E-state index in [0.717, 1.165) is 17.1 Å². The Kier molecular flexibility index (Phi) is 4.94. The topological polar surface area (TPSA) is 65.5 Å². The van der Waals surface area contributed by atoms with Crippen molar-refractivity contribution in [3.8, 4) is 22.8 Å². The van der Waals surface area contributed by atoms with E-state index in [1.807, 2.05) is 31.3 Å². The fraction of sp³-hybridized carbons (Fsp3) is 0.333. The molecule has 2 rings (SSSR count). The van der Waals surface area contributed by atoms with Gasteiger partial charge in [0.15, 0.2) is 17.3 Å². The van der Waals surface area contributed by atoms with Crippen molar-refractivity contribution < 1.29 is 14.2 Å². The number of benzene rings is 1. The predicted octanol–water partition coefficient (Wildman–Crippen LogP) is 2.35. The minimum absolute atomic E-state index is 0.357. The number of methoxy groups -OCH3 is 3. The van der Waals surface area contributed by atoms with Gasteiger partial charge in [0, 0.05) is 25.8 Å². The molecule has 1 heterocycles. The van der Waals surface area contributed by atoms with E-state index in [1.165, 1.54) is 0 Å². The summed E-state index contributed by atoms with van der Waals surface area (Å²) in [5.41, 5.74) is 1.71. The Balaban J connectivity index is 2.47. The fourth-order valence-electron chi connectivity index (χ4n) is 1.96. The highest BCUT2D eigenvalue weighted by atomic mass is 16.5. The van der Waals surface area contributed by atoms with E-state index in [-0.39, 0.29) is 0 Å². The average molecular weight is 289 g/mol. The molecular weight excluding hydrogens is 270 g/mol. The van der Waals surface area contributed by atoms with Crippen molar-refractivity contribution in [1.82, 2.24) is 9.97 Å². The second-order valence-electron chi connectivity index (χ2n) is 4.31. The lowest BCUT2D eigenvalue weighted by atomic mass is 10.1. The van der Waals surface area contributed by atoms with Crippen molar-refractivity contribution in [1.29, 1.82) is 0 Å². The molecule has 1 aromatic carbocycles. The Morgan fingerprint density at radius 2 is 1.76 bits per heavy atom. The van der Waals surface area contributed by atoms with E-state index in [1.54, 1.807) is 21.3 Å². The van der Waals surface area contributed by atoms with Crippen molar-refractivity contribution >= 4 is 5.82 Å². The first kappa shape index (κ1) is 15.1. The molecule has 1 N–H and O–H groups in total. The molecule has 0 saturated carbocycles. The zero-order valence-electron chi connectivity index (χ0n) is 12.6. The van der Waals surface area contributed by atoms with Crippen LogP contribution in [0.15, 0.2) is 24.3 Å². The maximum absolute atomic E-state index is 5.32. The summed E-state index contributed by atoms with van der Waals surface area (Å²) in [6.07, 6.45) is 0. The van der Waals surface area contributed by atoms with Gasteiger partial charge in [-0.05, 0) is 18.2 Å². The number of ether oxygens (including phenoxy) is 3. The molecule has 0 radical (unpaired) electrons. The lowest BCUT2D eigenvalue weighted by Gasteiger charge is -2.11. The Bertz CT molecular complexity index is 617. The minimum Gasteiger partial charge on any atom is -0.493 e. The first-order chi connectivity index (χ1) is 10.2. The van der Waals surface area contributed by atoms with Crippen LogP contribution in [0.25, 0.3) is 11.3 Å². The number of nitrogens with one attached hydrogen (secondary N) is 1. The molecule has 0 aliphatic carbocycles. The molecule has 0 aliphatic heterocycles. The Hall–Kier alpha value is -2.34. The van der Waals surface area contributed by atoms with Crippen LogP contribution >= 0.6 is 0 Å². The molecule has 2 aromatic rings. The molecular formula is C15H19N3O3. The molecule has 0 amide bonds. The predicted molar refractivity (Wildman–Crippen MR) is 80.8 cm³/mol. The van der Waals surface area contributed by atoms with Gasteiger partial charge in [-0.25, -0.2) is 9.97 Å². The Morgan fingerprint density at radius 3 is 2.38 bits per heavy atom. The van der Waals surface area contributed by atoms with Crippen LogP contribution < -0.4 is 14.8 Å². The van der Waals surface area contributed by atoms with E-state index >= 15 is 0 Å². The molecule has 0 bridgehead atoms. The molecule has 21 heavy (non-hydrogen) atoms. The summed E-state index contributed by atoms with van der Waals surface area (Å²) in [5, 5.41) is 3.02. The molecule has 0 fully saturated rings. The second-order valence-corrected chi connectivity index (χ2v) is 4.31. The number of nitrogens with zero attached hydrogens (tertiary/aromatic N) is 2. The lowest BCUT2D eigenvalue weighted by molar-refractivity contribution is 0.178. The summed E-state index contributed by atoms with van der Waals surface area (Å²) in [6, 6.07) is 7.54. The number of anilines is 1. The van der Waals surface area contributed by atoms with Crippen LogP contribution in [0.1, 0.15) is 5.82 Å². The summed E-state index contributed by atoms with van der Waals surface area (Å²) in [4.78, 5) is 8.84. The van der Waals surface area contributed by atoms with Crippen LogP contribution in [0.2, 0.25) is 0 Å². The molecule has 0 unspecified atom stereocenters. The van der Waals surface area contributed by atoms with Crippen molar-refractivity contribution in [3.05, 3.63) is 30.1 Å². The molecule has 6 nitrogen and oxygen atoms in total. The first-order valence-electron chi connectivity index (χ1n) is 6.49. The first-order valence-corrected chi connectivity index (χ1v) is 6.49. The normalized spacial score (nSPS) is 10.3. The summed E-state index contributed by atoms with van der Waals surface area (Å²) < 4.78 is 15.7. The van der Waals surface area contributed by atoms with Crippen molar-refractivity contribution in [2.24, 2.45) is 0 Å². The largest absolute Gasteiger partial charge is 0.493 e. The van der Waals surface area contributed by atoms with Gasteiger partial charge in [-0.1, -0.05) is 0 Å². The summed E-state index contributed by atoms with van der Waals surface area (Å²) in [5.74, 6) is 2.70. The maximum atomic E-state index is 5.32. The van der Waals surface area contributed by atoms with Gasteiger partial charge in [-0.15, -0.1) is 0 Å². The van der Waals surface area contributed by atoms with Gasteiger partial charge in [0.1, 0.15) is 12.4 Å². The van der Waals surface area contributed by atoms with E-state index in [0.29, 0.717) is 23.9 Å². The highest BCUT2D eigenvalue weighted by molar-refractivity contribution is 5.66. The van der Waals surface area contributed by atoms with E-state index in [4.69, 9.17) is 14.2 Å². The quantitative estimate of drug-likeness (QED) is 0.880. The van der Waals surface area contributed by atoms with Crippen LogP contribution in [-0.2, 0) is 11.3 Å². The number of rotatable bonds is 6. The molecule has 0 atom stereocenters. The van der Waals surface area contributed by atoms with Crippen LogP contribution in [0, 0.1) is 0 Å². The monoisotopic (exact) mass is 289 g/mol. The number of hydrogen-bond acceptors (Lipinski definition) is 6. The van der Waals surface area contributed by atoms with Gasteiger partial charge < -0.3 is 19.5 Å². The van der Waals surface area contributed by atoms with E-state index in [2.05, 4.69) is 15.3 Å². The van der Waals surface area contributed by atoms with E-state index in [9.17, 15) is 0 Å². The van der Waals surface area contributed by atoms with Crippen LogP contribution in [-0.4, -0.2) is 38.3 Å². The van der Waals surface area contributed by atoms with Crippen LogP contribution in [0.5, 0.6) is 11.5 Å². The smallest absolute Gasteiger partial charge is 0.161 e. The van der Waals surface area contributed by atoms with E-state index < -0.39 is 0 Å². The molecule has 6 heteroatoms. The standard InChI is InChI=1S/C15H19N3O3/c1-16-14-8-11(17-15(18-14)9-19-2)10-5-6-12(20-3)13(7-10)21-4/h5-8H,9H2,1-4H3,(H,16,17,18). The van der Waals surface area contributed by atoms with Crippen LogP contribution in [0.3, 0.4) is 0 Å². The summed E-state index contributed by atoms with van der Waals surface area (Å²) in [6.45, 7) is 0.357. The Labute approximate surface area is 124 Å². The van der Waals surface area contributed by atoms with Gasteiger partial charge >= 0.3 is 0 Å². The highest BCUT2D eigenvalue weighted by Crippen LogP contribution is 2.32. The number of hydrogen-bond donors (Lipinski definition) is 1. The van der Waals surface area contributed by atoms with Gasteiger partial charge in [-0.2, -0.15) is 0 Å². The summed E-state index contributed by atoms with van der Waals surface area (Å²) >= 11 is 0. The second kappa shape index (κ2) is 6.90. The van der Waals surface area contributed by atoms with Crippen molar-refractivity contribution in [3.63, 3.8) is 0 Å². The zero-order chi connectivity index (χ0) is 15.2. The van der Waals surface area contributed by atoms with Gasteiger partial charge in [0.05, 0.1) is 19.9 Å². The minimum atomic E-state index is 0.357. The third-order valence-corrected chi connectivity index (χ3v) is 2.98. The van der Waals surface area contributed by atoms with Gasteiger partial charge in [0.2, 0.25) is 0 Å². The Morgan fingerprint density at radius 1 is 1.00 bits per heavy atom. The molecule has 0 saturated heterocycles. The van der Waals surface area contributed by atoms with Crippen molar-refractivity contribution in [2.45, 2.75) is 6.61 Å².